The van der Waals surface area contributed by atoms with Gasteiger partial charge in [0.05, 0.1) is 0 Å². The van der Waals surface area contributed by atoms with Crippen molar-refractivity contribution in [3.05, 3.63) is 35.7 Å². The van der Waals surface area contributed by atoms with Crippen molar-refractivity contribution in [3.8, 4) is 0 Å². The molecule has 2 aromatic rings. The van der Waals surface area contributed by atoms with Crippen LogP contribution < -0.4 is 10.6 Å². The lowest BCUT2D eigenvalue weighted by Gasteiger charge is -2.13. The van der Waals surface area contributed by atoms with Crippen LogP contribution in [0.3, 0.4) is 0 Å². The highest BCUT2D eigenvalue weighted by Gasteiger charge is 2.31. The summed E-state index contributed by atoms with van der Waals surface area (Å²) in [6.45, 7) is 3.38. The molecule has 1 atom stereocenters. The van der Waals surface area contributed by atoms with Crippen LogP contribution in [0.5, 0.6) is 0 Å². The highest BCUT2D eigenvalue weighted by Crippen LogP contribution is 2.41. The Bertz CT molecular complexity index is 551. The molecule has 1 aliphatic heterocycles. The standard InChI is InChI=1S/C13H16N4O/c1-9-15-13(18-16-9)17-8-10(6-7-14)11-4-2-3-5-12(11)17/h2-5,10H,6-8,14H2,1H3. The third-order valence-electron chi connectivity index (χ3n) is 3.33. The second-order valence-electron chi connectivity index (χ2n) is 4.57. The van der Waals surface area contributed by atoms with Gasteiger partial charge in [0, 0.05) is 18.2 Å². The van der Waals surface area contributed by atoms with Crippen LogP contribution in [0.25, 0.3) is 0 Å². The average Bonchev–Trinajstić information content (AvgIpc) is 2.95. The number of hydrogen-bond donors (Lipinski definition) is 1. The van der Waals surface area contributed by atoms with E-state index < -0.39 is 0 Å². The molecular weight excluding hydrogens is 228 g/mol. The number of aryl methyl sites for hydroxylation is 1. The zero-order valence-electron chi connectivity index (χ0n) is 10.3. The highest BCUT2D eigenvalue weighted by atomic mass is 16.5. The molecule has 1 aliphatic rings. The first-order valence-electron chi connectivity index (χ1n) is 6.16. The van der Waals surface area contributed by atoms with Crippen LogP contribution >= 0.6 is 0 Å². The van der Waals surface area contributed by atoms with Gasteiger partial charge < -0.3 is 10.3 Å². The Kier molecular flexibility index (Phi) is 2.76. The number of nitrogens with zero attached hydrogens (tertiary/aromatic N) is 3. The second-order valence-corrected chi connectivity index (χ2v) is 4.57. The first-order valence-corrected chi connectivity index (χ1v) is 6.16. The van der Waals surface area contributed by atoms with Crippen LogP contribution in [0.4, 0.5) is 11.7 Å². The van der Waals surface area contributed by atoms with E-state index >= 15 is 0 Å². The summed E-state index contributed by atoms with van der Waals surface area (Å²) in [5.41, 5.74) is 8.15. The molecule has 94 valence electrons. The summed E-state index contributed by atoms with van der Waals surface area (Å²) in [4.78, 5) is 6.38. The van der Waals surface area contributed by atoms with E-state index in [4.69, 9.17) is 10.3 Å². The largest absolute Gasteiger partial charge is 0.330 e. The van der Waals surface area contributed by atoms with Gasteiger partial charge in [0.15, 0.2) is 5.82 Å². The molecule has 0 radical (unpaired) electrons. The van der Waals surface area contributed by atoms with Crippen molar-refractivity contribution in [2.45, 2.75) is 19.3 Å². The fourth-order valence-electron chi connectivity index (χ4n) is 2.52. The van der Waals surface area contributed by atoms with Gasteiger partial charge in [-0.3, -0.25) is 4.90 Å². The zero-order valence-corrected chi connectivity index (χ0v) is 10.3. The molecule has 1 aromatic heterocycles. The van der Waals surface area contributed by atoms with Crippen LogP contribution in [0.15, 0.2) is 28.8 Å². The summed E-state index contributed by atoms with van der Waals surface area (Å²) in [5, 5.41) is 3.85. The second kappa shape index (κ2) is 4.42. The normalized spacial score (nSPS) is 18.1. The summed E-state index contributed by atoms with van der Waals surface area (Å²) in [7, 11) is 0. The maximum atomic E-state index is 5.68. The molecular formula is C13H16N4O. The van der Waals surface area contributed by atoms with Gasteiger partial charge in [-0.15, -0.1) is 0 Å². The first kappa shape index (κ1) is 11.2. The molecule has 5 heteroatoms. The molecule has 0 spiro atoms. The molecule has 2 N–H and O–H groups in total. The molecule has 1 aromatic carbocycles. The van der Waals surface area contributed by atoms with E-state index in [0.29, 0.717) is 24.3 Å². The van der Waals surface area contributed by atoms with Gasteiger partial charge in [-0.1, -0.05) is 23.4 Å². The summed E-state index contributed by atoms with van der Waals surface area (Å²) in [6.07, 6.45) is 0.973. The highest BCUT2D eigenvalue weighted by molar-refractivity contribution is 5.66. The summed E-state index contributed by atoms with van der Waals surface area (Å²) in [5.74, 6) is 1.10. The van der Waals surface area contributed by atoms with E-state index in [0.717, 1.165) is 18.7 Å². The van der Waals surface area contributed by atoms with Crippen molar-refractivity contribution in [3.63, 3.8) is 0 Å². The van der Waals surface area contributed by atoms with E-state index in [2.05, 4.69) is 33.2 Å². The number of aromatic nitrogens is 2. The molecule has 0 fully saturated rings. The average molecular weight is 244 g/mol. The van der Waals surface area contributed by atoms with E-state index in [9.17, 15) is 0 Å². The molecule has 3 rings (SSSR count). The molecule has 0 saturated heterocycles. The first-order chi connectivity index (χ1) is 8.79. The number of nitrogens with two attached hydrogens (primary N) is 1. The topological polar surface area (TPSA) is 68.2 Å². The quantitative estimate of drug-likeness (QED) is 0.893. The monoisotopic (exact) mass is 244 g/mol. The van der Waals surface area contributed by atoms with Crippen molar-refractivity contribution in [1.29, 1.82) is 0 Å². The third-order valence-corrected chi connectivity index (χ3v) is 3.33. The Balaban J connectivity index is 1.99. The van der Waals surface area contributed by atoms with Gasteiger partial charge in [-0.05, 0) is 31.5 Å². The van der Waals surface area contributed by atoms with Crippen molar-refractivity contribution >= 4 is 11.7 Å². The minimum absolute atomic E-state index is 0.443. The SMILES string of the molecule is Cc1noc(N2CC(CCN)c3ccccc32)n1. The fourth-order valence-corrected chi connectivity index (χ4v) is 2.52. The molecule has 0 amide bonds. The van der Waals surface area contributed by atoms with Crippen LogP contribution in [0.1, 0.15) is 23.7 Å². The van der Waals surface area contributed by atoms with E-state index in [1.54, 1.807) is 0 Å². The Morgan fingerprint density at radius 1 is 1.44 bits per heavy atom. The van der Waals surface area contributed by atoms with Gasteiger partial charge in [0.2, 0.25) is 0 Å². The molecule has 2 heterocycles. The summed E-state index contributed by atoms with van der Waals surface area (Å²) < 4.78 is 5.27. The van der Waals surface area contributed by atoms with Crippen molar-refractivity contribution in [2.24, 2.45) is 5.73 Å². The molecule has 1 unspecified atom stereocenters. The number of para-hydroxylation sites is 1. The van der Waals surface area contributed by atoms with Gasteiger partial charge >= 0.3 is 6.01 Å². The van der Waals surface area contributed by atoms with E-state index in [-0.39, 0.29) is 0 Å². The molecule has 0 bridgehead atoms. The van der Waals surface area contributed by atoms with Crippen molar-refractivity contribution < 1.29 is 4.52 Å². The number of benzene rings is 1. The molecule has 0 saturated carbocycles. The predicted octanol–water partition coefficient (Wildman–Crippen LogP) is 1.96. The van der Waals surface area contributed by atoms with Crippen LogP contribution in [0.2, 0.25) is 0 Å². The Labute approximate surface area is 106 Å². The van der Waals surface area contributed by atoms with Crippen molar-refractivity contribution in [1.82, 2.24) is 10.1 Å². The van der Waals surface area contributed by atoms with Crippen molar-refractivity contribution in [2.75, 3.05) is 18.0 Å². The number of fused-ring (bicyclic) bond motifs is 1. The van der Waals surface area contributed by atoms with E-state index in [1.807, 2.05) is 13.0 Å². The molecule has 18 heavy (non-hydrogen) atoms. The van der Waals surface area contributed by atoms with E-state index in [1.165, 1.54) is 5.56 Å². The summed E-state index contributed by atoms with van der Waals surface area (Å²) in [6, 6.07) is 8.90. The van der Waals surface area contributed by atoms with Crippen LogP contribution in [-0.4, -0.2) is 23.2 Å². The number of rotatable bonds is 3. The van der Waals surface area contributed by atoms with Gasteiger partial charge in [0.1, 0.15) is 0 Å². The predicted molar refractivity (Wildman–Crippen MR) is 68.9 cm³/mol. The lowest BCUT2D eigenvalue weighted by molar-refractivity contribution is 0.416. The minimum atomic E-state index is 0.443. The van der Waals surface area contributed by atoms with Gasteiger partial charge in [0.25, 0.3) is 0 Å². The number of anilines is 2. The minimum Gasteiger partial charge on any atom is -0.330 e. The van der Waals surface area contributed by atoms with Gasteiger partial charge in [-0.2, -0.15) is 4.98 Å². The Morgan fingerprint density at radius 2 is 2.28 bits per heavy atom. The maximum absolute atomic E-state index is 5.68. The lowest BCUT2D eigenvalue weighted by Crippen LogP contribution is -2.17. The number of hydrogen-bond acceptors (Lipinski definition) is 5. The Morgan fingerprint density at radius 3 is 3.00 bits per heavy atom. The lowest BCUT2D eigenvalue weighted by atomic mass is 9.98. The third kappa shape index (κ3) is 1.76. The maximum Gasteiger partial charge on any atom is 0.328 e. The van der Waals surface area contributed by atoms with Gasteiger partial charge in [-0.25, -0.2) is 0 Å². The zero-order chi connectivity index (χ0) is 12.5. The fraction of sp³-hybridized carbons (Fsp3) is 0.385. The molecule has 5 nitrogen and oxygen atoms in total. The smallest absolute Gasteiger partial charge is 0.328 e. The summed E-state index contributed by atoms with van der Waals surface area (Å²) >= 11 is 0. The van der Waals surface area contributed by atoms with Crippen LogP contribution in [-0.2, 0) is 0 Å². The van der Waals surface area contributed by atoms with Crippen LogP contribution in [0, 0.1) is 6.92 Å². The Hall–Kier alpha value is -1.88. The molecule has 0 aliphatic carbocycles.